The molecule has 0 fully saturated rings. The van der Waals surface area contributed by atoms with Crippen LogP contribution in [0.3, 0.4) is 0 Å². The van der Waals surface area contributed by atoms with Crippen molar-refractivity contribution in [3.63, 3.8) is 0 Å². The molecule has 0 aromatic heterocycles. The first-order valence-electron chi connectivity index (χ1n) is 5.60. The third kappa shape index (κ3) is 5.61. The van der Waals surface area contributed by atoms with Crippen molar-refractivity contribution in [3.8, 4) is 0 Å². The van der Waals surface area contributed by atoms with Gasteiger partial charge in [-0.1, -0.05) is 34.1 Å². The van der Waals surface area contributed by atoms with Gasteiger partial charge in [-0.05, 0) is 42.3 Å². The number of rotatable bonds is 6. The largest absolute Gasteiger partial charge is 0.244 e. The lowest BCUT2D eigenvalue weighted by Gasteiger charge is -2.36. The van der Waals surface area contributed by atoms with E-state index in [0.29, 0.717) is 0 Å². The van der Waals surface area contributed by atoms with Gasteiger partial charge in [0.05, 0.1) is 0 Å². The second kappa shape index (κ2) is 5.95. The predicted molar refractivity (Wildman–Crippen MR) is 68.1 cm³/mol. The van der Waals surface area contributed by atoms with Crippen LogP contribution in [0.4, 0.5) is 0 Å². The normalized spacial score (nSPS) is 16.2. The monoisotopic (exact) mass is 204 g/mol. The maximum absolute atomic E-state index is 2.48. The van der Waals surface area contributed by atoms with Gasteiger partial charge in [-0.3, -0.25) is 0 Å². The molecule has 0 aliphatic heterocycles. The summed E-state index contributed by atoms with van der Waals surface area (Å²) >= 11 is 0. The smallest absolute Gasteiger partial charge is 0.0173 e. The van der Waals surface area contributed by atoms with Gasteiger partial charge in [0.25, 0.3) is 0 Å². The fourth-order valence-electron chi connectivity index (χ4n) is 1.24. The summed E-state index contributed by atoms with van der Waals surface area (Å²) in [4.78, 5) is 0. The SMILES string of the molecule is CC[C@@H](C)CCCS(C)(C)C(C)C. The van der Waals surface area contributed by atoms with Crippen LogP contribution in [-0.2, 0) is 0 Å². The first-order valence-corrected chi connectivity index (χ1v) is 8.28. The van der Waals surface area contributed by atoms with Crippen molar-refractivity contribution in [1.29, 1.82) is 0 Å². The zero-order valence-corrected chi connectivity index (χ0v) is 11.2. The molecule has 0 unspecified atom stereocenters. The van der Waals surface area contributed by atoms with Gasteiger partial charge in [0.15, 0.2) is 0 Å². The van der Waals surface area contributed by atoms with Crippen molar-refractivity contribution < 1.29 is 0 Å². The molecule has 0 aliphatic carbocycles. The van der Waals surface area contributed by atoms with E-state index in [0.717, 1.165) is 11.2 Å². The van der Waals surface area contributed by atoms with Crippen molar-refractivity contribution in [2.24, 2.45) is 5.92 Å². The molecule has 0 aromatic carbocycles. The Kier molecular flexibility index (Phi) is 6.11. The molecule has 0 N–H and O–H groups in total. The molecule has 0 rings (SSSR count). The maximum atomic E-state index is 2.48. The zero-order valence-electron chi connectivity index (χ0n) is 10.4. The molecular formula is C12H28S. The first-order chi connectivity index (χ1) is 5.90. The molecule has 0 bridgehead atoms. The summed E-state index contributed by atoms with van der Waals surface area (Å²) in [6.07, 6.45) is 9.18. The summed E-state index contributed by atoms with van der Waals surface area (Å²) in [6.45, 7) is 9.42. The van der Waals surface area contributed by atoms with Crippen molar-refractivity contribution in [1.82, 2.24) is 0 Å². The Balaban J connectivity index is 3.63. The molecule has 0 saturated heterocycles. The minimum Gasteiger partial charge on any atom is -0.244 e. The second-order valence-corrected chi connectivity index (χ2v) is 9.63. The average Bonchev–Trinajstić information content (AvgIpc) is 2.03. The molecule has 1 heteroatoms. The summed E-state index contributed by atoms with van der Waals surface area (Å²) in [5, 5.41) is 0.893. The van der Waals surface area contributed by atoms with Gasteiger partial charge in [-0.25, -0.2) is 10.0 Å². The summed E-state index contributed by atoms with van der Waals surface area (Å²) in [6, 6.07) is 0. The Labute approximate surface area is 86.8 Å². The number of hydrogen-bond acceptors (Lipinski definition) is 0. The van der Waals surface area contributed by atoms with Gasteiger partial charge in [-0.15, -0.1) is 0 Å². The summed E-state index contributed by atoms with van der Waals surface area (Å²) in [5.74, 6) is 2.40. The summed E-state index contributed by atoms with van der Waals surface area (Å²) < 4.78 is 0. The van der Waals surface area contributed by atoms with Crippen LogP contribution in [0.15, 0.2) is 0 Å². The van der Waals surface area contributed by atoms with E-state index < -0.39 is 0 Å². The van der Waals surface area contributed by atoms with Gasteiger partial charge < -0.3 is 0 Å². The highest BCUT2D eigenvalue weighted by molar-refractivity contribution is 8.33. The Hall–Kier alpha value is 0.350. The first kappa shape index (κ1) is 13.4. The van der Waals surface area contributed by atoms with Crippen LogP contribution in [-0.4, -0.2) is 23.5 Å². The molecule has 0 radical (unpaired) electrons. The van der Waals surface area contributed by atoms with Crippen LogP contribution >= 0.6 is 10.0 Å². The van der Waals surface area contributed by atoms with Crippen molar-refractivity contribution in [2.45, 2.75) is 52.2 Å². The summed E-state index contributed by atoms with van der Waals surface area (Å²) in [7, 11) is -0.302. The lowest BCUT2D eigenvalue weighted by Crippen LogP contribution is -2.13. The topological polar surface area (TPSA) is 0 Å². The van der Waals surface area contributed by atoms with Crippen molar-refractivity contribution >= 4 is 10.0 Å². The van der Waals surface area contributed by atoms with E-state index in [4.69, 9.17) is 0 Å². The van der Waals surface area contributed by atoms with Crippen LogP contribution in [0, 0.1) is 5.92 Å². The molecular weight excluding hydrogens is 176 g/mol. The highest BCUT2D eigenvalue weighted by Gasteiger charge is 2.15. The average molecular weight is 204 g/mol. The molecule has 0 saturated carbocycles. The third-order valence-corrected chi connectivity index (χ3v) is 7.23. The molecule has 1 atom stereocenters. The Morgan fingerprint density at radius 1 is 1.08 bits per heavy atom. The lowest BCUT2D eigenvalue weighted by molar-refractivity contribution is 0.510. The maximum Gasteiger partial charge on any atom is -0.0173 e. The molecule has 82 valence electrons. The number of hydrogen-bond donors (Lipinski definition) is 0. The van der Waals surface area contributed by atoms with Gasteiger partial charge in [0.2, 0.25) is 0 Å². The Morgan fingerprint density at radius 2 is 1.62 bits per heavy atom. The standard InChI is InChI=1S/C12H28S/c1-7-12(4)9-8-10-13(5,6)11(2)3/h11-12H,7-10H2,1-6H3/t12-/m1/s1. The lowest BCUT2D eigenvalue weighted by atomic mass is 10.0. The molecule has 0 nitrogen and oxygen atoms in total. The minimum atomic E-state index is -0.302. The minimum absolute atomic E-state index is 0.302. The summed E-state index contributed by atoms with van der Waals surface area (Å²) in [5.41, 5.74) is 0. The van der Waals surface area contributed by atoms with Crippen molar-refractivity contribution in [3.05, 3.63) is 0 Å². The fraction of sp³-hybridized carbons (Fsp3) is 1.00. The molecule has 13 heavy (non-hydrogen) atoms. The fourth-order valence-corrected chi connectivity index (χ4v) is 2.63. The molecule has 0 heterocycles. The van der Waals surface area contributed by atoms with Crippen LogP contribution in [0.25, 0.3) is 0 Å². The van der Waals surface area contributed by atoms with Crippen molar-refractivity contribution in [2.75, 3.05) is 18.3 Å². The van der Waals surface area contributed by atoms with Gasteiger partial charge >= 0.3 is 0 Å². The molecule has 0 aliphatic rings. The van der Waals surface area contributed by atoms with Crippen LogP contribution in [0.2, 0.25) is 0 Å². The van der Waals surface area contributed by atoms with Gasteiger partial charge in [0.1, 0.15) is 0 Å². The molecule has 0 amide bonds. The Bertz CT molecular complexity index is 127. The third-order valence-electron chi connectivity index (χ3n) is 3.34. The van der Waals surface area contributed by atoms with Gasteiger partial charge in [0, 0.05) is 0 Å². The van der Waals surface area contributed by atoms with E-state index in [1.165, 1.54) is 25.0 Å². The van der Waals surface area contributed by atoms with E-state index in [1.807, 2.05) is 0 Å². The quantitative estimate of drug-likeness (QED) is 0.605. The van der Waals surface area contributed by atoms with E-state index in [-0.39, 0.29) is 10.0 Å². The Morgan fingerprint density at radius 3 is 2.00 bits per heavy atom. The predicted octanol–water partition coefficient (Wildman–Crippen LogP) is 4.29. The van der Waals surface area contributed by atoms with E-state index in [2.05, 4.69) is 40.2 Å². The van der Waals surface area contributed by atoms with Gasteiger partial charge in [-0.2, -0.15) is 0 Å². The zero-order chi connectivity index (χ0) is 10.5. The second-order valence-electron chi connectivity index (χ2n) is 5.03. The molecule has 0 aromatic rings. The van der Waals surface area contributed by atoms with Crippen LogP contribution in [0.5, 0.6) is 0 Å². The van der Waals surface area contributed by atoms with Crippen LogP contribution < -0.4 is 0 Å². The van der Waals surface area contributed by atoms with E-state index in [9.17, 15) is 0 Å². The highest BCUT2D eigenvalue weighted by atomic mass is 32.3. The van der Waals surface area contributed by atoms with E-state index in [1.54, 1.807) is 0 Å². The van der Waals surface area contributed by atoms with E-state index >= 15 is 0 Å². The molecule has 0 spiro atoms. The highest BCUT2D eigenvalue weighted by Crippen LogP contribution is 2.45. The van der Waals surface area contributed by atoms with Crippen LogP contribution in [0.1, 0.15) is 47.0 Å².